The molecular formula is C22H24N4O. The molecule has 0 bridgehead atoms. The second kappa shape index (κ2) is 5.95. The van der Waals surface area contributed by atoms with Crippen molar-refractivity contribution >= 4 is 17.2 Å². The fraction of sp³-hybridized carbons (Fsp3) is 0.500. The summed E-state index contributed by atoms with van der Waals surface area (Å²) >= 11 is 0. The van der Waals surface area contributed by atoms with Crippen molar-refractivity contribution in [3.63, 3.8) is 0 Å². The van der Waals surface area contributed by atoms with Crippen molar-refractivity contribution in [2.24, 2.45) is 16.6 Å². The van der Waals surface area contributed by atoms with Gasteiger partial charge >= 0.3 is 0 Å². The van der Waals surface area contributed by atoms with Crippen molar-refractivity contribution < 1.29 is 4.79 Å². The van der Waals surface area contributed by atoms with E-state index in [9.17, 15) is 10.1 Å². The highest BCUT2D eigenvalue weighted by molar-refractivity contribution is 6.17. The number of hydrogen-bond donors (Lipinski definition) is 1. The number of nitriles is 1. The number of hydrogen-bond acceptors (Lipinski definition) is 4. The number of amides is 1. The molecule has 1 saturated carbocycles. The number of rotatable bonds is 1. The Kier molecular flexibility index (Phi) is 3.65. The number of anilines is 1. The largest absolute Gasteiger partial charge is 0.365 e. The zero-order chi connectivity index (χ0) is 18.6. The van der Waals surface area contributed by atoms with Crippen molar-refractivity contribution in [2.45, 2.75) is 63.5 Å². The van der Waals surface area contributed by atoms with Gasteiger partial charge in [-0.05, 0) is 63.5 Å². The molecule has 27 heavy (non-hydrogen) atoms. The van der Waals surface area contributed by atoms with E-state index in [1.807, 2.05) is 24.3 Å². The molecule has 0 radical (unpaired) electrons. The van der Waals surface area contributed by atoms with Crippen LogP contribution < -0.4 is 21.2 Å². The molecule has 1 aromatic rings. The summed E-state index contributed by atoms with van der Waals surface area (Å²) in [6.45, 7) is 0. The summed E-state index contributed by atoms with van der Waals surface area (Å²) in [5, 5.41) is 11.0. The third kappa shape index (κ3) is 2.29. The first-order chi connectivity index (χ1) is 13.1. The van der Waals surface area contributed by atoms with Gasteiger partial charge in [0.1, 0.15) is 17.3 Å². The number of carbonyl (C=O) groups excluding carboxylic acids is 1. The summed E-state index contributed by atoms with van der Waals surface area (Å²) in [6.07, 6.45) is 10.8. The van der Waals surface area contributed by atoms with Crippen LogP contribution in [-0.4, -0.2) is 11.6 Å². The van der Waals surface area contributed by atoms with Gasteiger partial charge in [0.2, 0.25) is 0 Å². The number of benzene rings is 1. The molecule has 0 saturated heterocycles. The molecule has 1 spiro atoms. The maximum atomic E-state index is 11.7. The summed E-state index contributed by atoms with van der Waals surface area (Å²) in [5.41, 5.74) is 9.41. The van der Waals surface area contributed by atoms with E-state index in [1.54, 1.807) is 5.57 Å². The molecule has 2 aliphatic carbocycles. The van der Waals surface area contributed by atoms with E-state index in [0.29, 0.717) is 11.1 Å². The highest BCUT2D eigenvalue weighted by Crippen LogP contribution is 2.53. The summed E-state index contributed by atoms with van der Waals surface area (Å²) < 4.78 is 0. The van der Waals surface area contributed by atoms with Gasteiger partial charge in [-0.3, -0.25) is 9.79 Å². The minimum absolute atomic E-state index is 0.0220. The molecule has 1 amide bonds. The Balaban J connectivity index is 1.76. The average Bonchev–Trinajstić information content (AvgIpc) is 3.00. The second-order valence-corrected chi connectivity index (χ2v) is 8.28. The van der Waals surface area contributed by atoms with Crippen LogP contribution in [0.15, 0.2) is 34.5 Å². The van der Waals surface area contributed by atoms with Crippen molar-refractivity contribution in [2.75, 3.05) is 4.90 Å². The monoisotopic (exact) mass is 360 g/mol. The smallest absolute Gasteiger partial charge is 0.259 e. The third-order valence-corrected chi connectivity index (χ3v) is 6.88. The third-order valence-electron chi connectivity index (χ3n) is 6.88. The first-order valence-electron chi connectivity index (χ1n) is 10.1. The Bertz CT molecular complexity index is 1030. The molecule has 5 nitrogen and oxygen atoms in total. The van der Waals surface area contributed by atoms with Gasteiger partial charge in [0.15, 0.2) is 0 Å². The van der Waals surface area contributed by atoms with Crippen LogP contribution in [0.25, 0.3) is 5.57 Å². The molecule has 4 aliphatic rings. The molecule has 2 unspecified atom stereocenters. The van der Waals surface area contributed by atoms with Gasteiger partial charge in [0.25, 0.3) is 5.91 Å². The van der Waals surface area contributed by atoms with E-state index in [2.05, 4.69) is 4.90 Å². The Morgan fingerprint density at radius 3 is 2.93 bits per heavy atom. The number of carbonyl (C=O) groups is 1. The molecule has 5 heteroatoms. The lowest BCUT2D eigenvalue weighted by Gasteiger charge is -2.52. The van der Waals surface area contributed by atoms with Gasteiger partial charge in [-0.2, -0.15) is 5.26 Å². The fourth-order valence-electron chi connectivity index (χ4n) is 5.72. The molecule has 0 aromatic heterocycles. The van der Waals surface area contributed by atoms with E-state index in [1.165, 1.54) is 50.6 Å². The Hall–Kier alpha value is -2.61. The van der Waals surface area contributed by atoms with E-state index in [-0.39, 0.29) is 11.2 Å². The van der Waals surface area contributed by atoms with Gasteiger partial charge < -0.3 is 10.6 Å². The maximum absolute atomic E-state index is 11.7. The van der Waals surface area contributed by atoms with Crippen molar-refractivity contribution in [1.29, 1.82) is 5.26 Å². The zero-order valence-electron chi connectivity index (χ0n) is 15.5. The standard InChI is InChI=1S/C22H24N4O/c23-13-17(21(24)27)14-8-9-18-20(12-14)26-19-7-2-1-5-15(19)11-16-6-3-4-10-22(16,26)25-18/h8-9,12,16H,1-7,10-11H2,(H2,24,27)/b17-14+. The van der Waals surface area contributed by atoms with Crippen molar-refractivity contribution in [3.8, 4) is 6.07 Å². The SMILES string of the molecule is N#C/C(C(N)=O)=c1/ccc2c(c1)N1C3=C(CCCC3)CC3CCCCC31N=2. The lowest BCUT2D eigenvalue weighted by Crippen LogP contribution is -2.55. The summed E-state index contributed by atoms with van der Waals surface area (Å²) in [7, 11) is 0. The predicted octanol–water partition coefficient (Wildman–Crippen LogP) is 2.40. The normalized spacial score (nSPS) is 29.6. The summed E-state index contributed by atoms with van der Waals surface area (Å²) in [5.74, 6) is -0.108. The lowest BCUT2D eigenvalue weighted by molar-refractivity contribution is -0.112. The van der Waals surface area contributed by atoms with Crippen LogP contribution in [0.2, 0.25) is 0 Å². The van der Waals surface area contributed by atoms with Crippen molar-refractivity contribution in [1.82, 2.24) is 0 Å². The minimum atomic E-state index is -0.672. The van der Waals surface area contributed by atoms with Crippen LogP contribution in [0, 0.1) is 17.2 Å². The molecule has 1 aromatic carbocycles. The summed E-state index contributed by atoms with van der Waals surface area (Å²) in [4.78, 5) is 19.5. The van der Waals surface area contributed by atoms with Gasteiger partial charge in [0, 0.05) is 16.8 Å². The molecular weight excluding hydrogens is 336 g/mol. The number of nitrogens with zero attached hydrogens (tertiary/aromatic N) is 3. The Morgan fingerprint density at radius 2 is 2.11 bits per heavy atom. The van der Waals surface area contributed by atoms with Gasteiger partial charge in [-0.25, -0.2) is 0 Å². The number of nitrogens with two attached hydrogens (primary N) is 1. The number of primary amides is 1. The van der Waals surface area contributed by atoms with E-state index >= 15 is 0 Å². The Morgan fingerprint density at radius 1 is 1.26 bits per heavy atom. The average molecular weight is 360 g/mol. The van der Waals surface area contributed by atoms with Gasteiger partial charge in [-0.15, -0.1) is 0 Å². The van der Waals surface area contributed by atoms with Crippen LogP contribution in [0.4, 0.5) is 5.69 Å². The van der Waals surface area contributed by atoms with Crippen LogP contribution in [-0.2, 0) is 4.79 Å². The Labute approximate surface area is 158 Å². The highest BCUT2D eigenvalue weighted by atomic mass is 16.1. The molecule has 2 heterocycles. The molecule has 2 N–H and O–H groups in total. The first-order valence-corrected chi connectivity index (χ1v) is 10.1. The topological polar surface area (TPSA) is 82.5 Å². The molecule has 138 valence electrons. The number of allylic oxidation sites excluding steroid dienone is 2. The molecule has 1 fully saturated rings. The van der Waals surface area contributed by atoms with Crippen LogP contribution in [0.1, 0.15) is 57.8 Å². The maximum Gasteiger partial charge on any atom is 0.259 e. The zero-order valence-corrected chi connectivity index (χ0v) is 15.5. The lowest BCUT2D eigenvalue weighted by atomic mass is 9.70. The minimum Gasteiger partial charge on any atom is -0.365 e. The summed E-state index contributed by atoms with van der Waals surface area (Å²) in [6, 6.07) is 7.72. The molecule has 5 rings (SSSR count). The highest BCUT2D eigenvalue weighted by Gasteiger charge is 2.53. The van der Waals surface area contributed by atoms with Crippen LogP contribution in [0.3, 0.4) is 0 Å². The van der Waals surface area contributed by atoms with Crippen LogP contribution in [0.5, 0.6) is 0 Å². The number of fused-ring (bicyclic) bond motifs is 3. The van der Waals surface area contributed by atoms with Gasteiger partial charge in [-0.1, -0.05) is 18.1 Å². The first kappa shape index (κ1) is 16.6. The second-order valence-electron chi connectivity index (χ2n) is 8.28. The molecule has 2 aliphatic heterocycles. The molecule has 2 atom stereocenters. The van der Waals surface area contributed by atoms with E-state index in [4.69, 9.17) is 10.7 Å². The van der Waals surface area contributed by atoms with E-state index < -0.39 is 5.91 Å². The van der Waals surface area contributed by atoms with Crippen LogP contribution >= 0.6 is 0 Å². The van der Waals surface area contributed by atoms with Crippen molar-refractivity contribution in [3.05, 3.63) is 40.0 Å². The predicted molar refractivity (Wildman–Crippen MR) is 103 cm³/mol. The fourth-order valence-corrected chi connectivity index (χ4v) is 5.72. The van der Waals surface area contributed by atoms with Gasteiger partial charge in [0.05, 0.1) is 11.0 Å². The van der Waals surface area contributed by atoms with E-state index in [0.717, 1.165) is 23.9 Å². The quantitative estimate of drug-likeness (QED) is 0.835.